The highest BCUT2D eigenvalue weighted by molar-refractivity contribution is 7.09. The van der Waals surface area contributed by atoms with Crippen LogP contribution in [0.4, 0.5) is 0 Å². The lowest BCUT2D eigenvalue weighted by Crippen LogP contribution is -2.33. The molecule has 0 aliphatic rings. The average Bonchev–Trinajstić information content (AvgIpc) is 2.67. The van der Waals surface area contributed by atoms with Gasteiger partial charge >= 0.3 is 0 Å². The molecule has 1 aromatic heterocycles. The van der Waals surface area contributed by atoms with E-state index in [4.69, 9.17) is 0 Å². The predicted molar refractivity (Wildman–Crippen MR) is 66.9 cm³/mol. The Bertz CT molecular complexity index is 390. The standard InChI is InChI=1S/C11H17N3O2S/c1-8(15)12-5-6-13-11(16)4-3-10-7-17-9(2)14-10/h7H,3-6H2,1-2H3,(H,12,15)(H,13,16). The molecule has 0 bridgehead atoms. The van der Waals surface area contributed by atoms with E-state index in [1.54, 1.807) is 11.3 Å². The van der Waals surface area contributed by atoms with E-state index in [-0.39, 0.29) is 11.8 Å². The van der Waals surface area contributed by atoms with Gasteiger partial charge in [0.15, 0.2) is 0 Å². The van der Waals surface area contributed by atoms with Crippen molar-refractivity contribution in [3.05, 3.63) is 16.1 Å². The van der Waals surface area contributed by atoms with Crippen LogP contribution in [-0.2, 0) is 16.0 Å². The molecule has 1 aromatic rings. The third-order valence-corrected chi connectivity index (χ3v) is 2.92. The Morgan fingerprint density at radius 3 is 2.65 bits per heavy atom. The van der Waals surface area contributed by atoms with Crippen LogP contribution in [0.15, 0.2) is 5.38 Å². The number of carbonyl (C=O) groups is 2. The summed E-state index contributed by atoms with van der Waals surface area (Å²) in [6.07, 6.45) is 1.10. The zero-order valence-corrected chi connectivity index (χ0v) is 10.9. The van der Waals surface area contributed by atoms with Crippen molar-refractivity contribution in [3.63, 3.8) is 0 Å². The van der Waals surface area contributed by atoms with E-state index in [0.29, 0.717) is 25.9 Å². The lowest BCUT2D eigenvalue weighted by molar-refractivity contribution is -0.122. The SMILES string of the molecule is CC(=O)NCCNC(=O)CCc1csc(C)n1. The second-order valence-electron chi connectivity index (χ2n) is 3.69. The Labute approximate surface area is 105 Å². The largest absolute Gasteiger partial charge is 0.355 e. The first-order valence-electron chi connectivity index (χ1n) is 5.50. The molecule has 0 radical (unpaired) electrons. The molecule has 0 aromatic carbocycles. The molecule has 6 heteroatoms. The van der Waals surface area contributed by atoms with E-state index in [0.717, 1.165) is 10.7 Å². The fourth-order valence-electron chi connectivity index (χ4n) is 1.29. The number of aromatic nitrogens is 1. The number of rotatable bonds is 6. The number of nitrogens with zero attached hydrogens (tertiary/aromatic N) is 1. The molecule has 1 rings (SSSR count). The summed E-state index contributed by atoms with van der Waals surface area (Å²) in [4.78, 5) is 26.3. The van der Waals surface area contributed by atoms with Gasteiger partial charge in [0, 0.05) is 31.8 Å². The molecule has 17 heavy (non-hydrogen) atoms. The Morgan fingerprint density at radius 2 is 2.06 bits per heavy atom. The van der Waals surface area contributed by atoms with Gasteiger partial charge in [0.05, 0.1) is 10.7 Å². The summed E-state index contributed by atoms with van der Waals surface area (Å²) in [5, 5.41) is 8.34. The van der Waals surface area contributed by atoms with E-state index in [9.17, 15) is 9.59 Å². The van der Waals surface area contributed by atoms with Gasteiger partial charge in [0.25, 0.3) is 0 Å². The number of nitrogens with one attached hydrogen (secondary N) is 2. The lowest BCUT2D eigenvalue weighted by Gasteiger charge is -2.04. The van der Waals surface area contributed by atoms with Gasteiger partial charge < -0.3 is 10.6 Å². The zero-order chi connectivity index (χ0) is 12.7. The average molecular weight is 255 g/mol. The van der Waals surface area contributed by atoms with E-state index < -0.39 is 0 Å². The number of amides is 2. The van der Waals surface area contributed by atoms with Crippen molar-refractivity contribution in [2.75, 3.05) is 13.1 Å². The van der Waals surface area contributed by atoms with E-state index in [1.807, 2.05) is 12.3 Å². The first kappa shape index (κ1) is 13.6. The van der Waals surface area contributed by atoms with Crippen LogP contribution in [0.5, 0.6) is 0 Å². The van der Waals surface area contributed by atoms with Crippen LogP contribution in [0.1, 0.15) is 24.0 Å². The van der Waals surface area contributed by atoms with Gasteiger partial charge in [0.1, 0.15) is 0 Å². The Kier molecular flexibility index (Phi) is 5.62. The summed E-state index contributed by atoms with van der Waals surface area (Å²) in [5.41, 5.74) is 0.963. The smallest absolute Gasteiger partial charge is 0.220 e. The summed E-state index contributed by atoms with van der Waals surface area (Å²) >= 11 is 1.59. The molecule has 0 atom stereocenters. The summed E-state index contributed by atoms with van der Waals surface area (Å²) in [7, 11) is 0. The quantitative estimate of drug-likeness (QED) is 0.733. The highest BCUT2D eigenvalue weighted by Crippen LogP contribution is 2.09. The van der Waals surface area contributed by atoms with E-state index in [2.05, 4.69) is 15.6 Å². The van der Waals surface area contributed by atoms with Crippen LogP contribution in [-0.4, -0.2) is 29.9 Å². The minimum Gasteiger partial charge on any atom is -0.355 e. The van der Waals surface area contributed by atoms with Crippen LogP contribution < -0.4 is 10.6 Å². The number of hydrogen-bond donors (Lipinski definition) is 2. The van der Waals surface area contributed by atoms with Crippen molar-refractivity contribution < 1.29 is 9.59 Å². The van der Waals surface area contributed by atoms with Crippen LogP contribution in [0, 0.1) is 6.92 Å². The van der Waals surface area contributed by atoms with E-state index >= 15 is 0 Å². The van der Waals surface area contributed by atoms with Crippen LogP contribution in [0.25, 0.3) is 0 Å². The third-order valence-electron chi connectivity index (χ3n) is 2.10. The van der Waals surface area contributed by atoms with Gasteiger partial charge in [-0.2, -0.15) is 0 Å². The van der Waals surface area contributed by atoms with Crippen molar-refractivity contribution in [3.8, 4) is 0 Å². The molecule has 1 heterocycles. The highest BCUT2D eigenvalue weighted by Gasteiger charge is 2.04. The summed E-state index contributed by atoms with van der Waals surface area (Å²) in [6, 6.07) is 0. The second kappa shape index (κ2) is 7.01. The minimum atomic E-state index is -0.0859. The van der Waals surface area contributed by atoms with Gasteiger partial charge in [-0.25, -0.2) is 4.98 Å². The maximum absolute atomic E-state index is 11.4. The predicted octanol–water partition coefficient (Wildman–Crippen LogP) is 0.636. The van der Waals surface area contributed by atoms with Gasteiger partial charge in [0.2, 0.25) is 11.8 Å². The Morgan fingerprint density at radius 1 is 1.35 bits per heavy atom. The van der Waals surface area contributed by atoms with Crippen molar-refractivity contribution >= 4 is 23.2 Å². The summed E-state index contributed by atoms with van der Waals surface area (Å²) < 4.78 is 0. The molecule has 0 aliphatic heterocycles. The molecule has 0 saturated heterocycles. The molecule has 0 aliphatic carbocycles. The van der Waals surface area contributed by atoms with Crippen LogP contribution in [0.2, 0.25) is 0 Å². The molecule has 2 amide bonds. The summed E-state index contributed by atoms with van der Waals surface area (Å²) in [6.45, 7) is 4.33. The van der Waals surface area contributed by atoms with Crippen molar-refractivity contribution in [2.45, 2.75) is 26.7 Å². The van der Waals surface area contributed by atoms with Gasteiger partial charge in [-0.3, -0.25) is 9.59 Å². The van der Waals surface area contributed by atoms with Gasteiger partial charge in [-0.1, -0.05) is 0 Å². The zero-order valence-electron chi connectivity index (χ0n) is 10.1. The number of thiazole rings is 1. The molecular formula is C11H17N3O2S. The van der Waals surface area contributed by atoms with Gasteiger partial charge in [-0.15, -0.1) is 11.3 Å². The number of hydrogen-bond acceptors (Lipinski definition) is 4. The Balaban J connectivity index is 2.11. The monoisotopic (exact) mass is 255 g/mol. The third kappa shape index (κ3) is 6.01. The first-order valence-corrected chi connectivity index (χ1v) is 6.38. The van der Waals surface area contributed by atoms with Crippen molar-refractivity contribution in [1.82, 2.24) is 15.6 Å². The number of carbonyl (C=O) groups excluding carboxylic acids is 2. The normalized spacial score (nSPS) is 10.0. The molecule has 0 fully saturated rings. The molecule has 0 unspecified atom stereocenters. The van der Waals surface area contributed by atoms with Crippen molar-refractivity contribution in [1.29, 1.82) is 0 Å². The number of aryl methyl sites for hydroxylation is 2. The molecular weight excluding hydrogens is 238 g/mol. The minimum absolute atomic E-state index is 0.0130. The first-order chi connectivity index (χ1) is 8.08. The summed E-state index contributed by atoms with van der Waals surface area (Å²) in [5.74, 6) is -0.0989. The Hall–Kier alpha value is -1.43. The van der Waals surface area contributed by atoms with Crippen molar-refractivity contribution in [2.24, 2.45) is 0 Å². The lowest BCUT2D eigenvalue weighted by atomic mass is 10.2. The molecule has 5 nitrogen and oxygen atoms in total. The van der Waals surface area contributed by atoms with Gasteiger partial charge in [-0.05, 0) is 13.3 Å². The topological polar surface area (TPSA) is 71.1 Å². The van der Waals surface area contributed by atoms with Crippen LogP contribution in [0.3, 0.4) is 0 Å². The van der Waals surface area contributed by atoms with E-state index in [1.165, 1.54) is 6.92 Å². The molecule has 0 spiro atoms. The molecule has 94 valence electrons. The highest BCUT2D eigenvalue weighted by atomic mass is 32.1. The molecule has 2 N–H and O–H groups in total. The maximum Gasteiger partial charge on any atom is 0.220 e. The molecule has 0 saturated carbocycles. The fourth-order valence-corrected chi connectivity index (χ4v) is 1.94. The van der Waals surface area contributed by atoms with Crippen LogP contribution >= 0.6 is 11.3 Å². The maximum atomic E-state index is 11.4. The fraction of sp³-hybridized carbons (Fsp3) is 0.545. The second-order valence-corrected chi connectivity index (χ2v) is 4.75.